The average molecular weight is 293 g/mol. The van der Waals surface area contributed by atoms with E-state index in [9.17, 15) is 4.79 Å². The van der Waals surface area contributed by atoms with Gasteiger partial charge in [0, 0.05) is 6.07 Å². The number of aromatic nitrogens is 3. The lowest BCUT2D eigenvalue weighted by molar-refractivity contribution is 0.0869. The van der Waals surface area contributed by atoms with E-state index < -0.39 is 5.54 Å². The van der Waals surface area contributed by atoms with Crippen molar-refractivity contribution in [2.24, 2.45) is 0 Å². The van der Waals surface area contributed by atoms with Crippen LogP contribution in [0.2, 0.25) is 0 Å². The number of nitrogens with zero attached hydrogens (tertiary/aromatic N) is 4. The molecule has 8 nitrogen and oxygen atoms in total. The van der Waals surface area contributed by atoms with E-state index in [1.165, 1.54) is 0 Å². The molecule has 8 heteroatoms. The molecule has 2 heterocycles. The minimum absolute atomic E-state index is 0.151. The molecule has 0 aliphatic rings. The summed E-state index contributed by atoms with van der Waals surface area (Å²) in [6.07, 6.45) is 0. The maximum atomic E-state index is 12.1. The van der Waals surface area contributed by atoms with Crippen LogP contribution in [0.5, 0.6) is 0 Å². The summed E-state index contributed by atoms with van der Waals surface area (Å²) in [5.74, 6) is 0.675. The number of rotatable bonds is 5. The van der Waals surface area contributed by atoms with E-state index in [0.29, 0.717) is 24.0 Å². The second kappa shape index (κ2) is 5.65. The second-order valence-electron chi connectivity index (χ2n) is 5.66. The second-order valence-corrected chi connectivity index (χ2v) is 5.66. The number of carbonyl (C=O) groups excluding carboxylic acids is 1. The minimum atomic E-state index is -0.786. The summed E-state index contributed by atoms with van der Waals surface area (Å²) in [5.41, 5.74) is -0.142. The zero-order chi connectivity index (χ0) is 15.6. The summed E-state index contributed by atoms with van der Waals surface area (Å²) < 4.78 is 10.1. The maximum absolute atomic E-state index is 12.1. The molecule has 0 aromatic carbocycles. The quantitative estimate of drug-likeness (QED) is 0.881. The highest BCUT2D eigenvalue weighted by Gasteiger charge is 2.30. The van der Waals surface area contributed by atoms with Gasteiger partial charge in [0.25, 0.3) is 5.91 Å². The lowest BCUT2D eigenvalue weighted by Gasteiger charge is -2.21. The number of hydrogen-bond acceptors (Lipinski definition) is 7. The van der Waals surface area contributed by atoms with Crippen LogP contribution in [0.25, 0.3) is 0 Å². The van der Waals surface area contributed by atoms with Crippen LogP contribution >= 0.6 is 0 Å². The van der Waals surface area contributed by atoms with Crippen LogP contribution in [0.3, 0.4) is 0 Å². The van der Waals surface area contributed by atoms with Gasteiger partial charge in [-0.1, -0.05) is 10.3 Å². The molecular weight excluding hydrogens is 274 g/mol. The van der Waals surface area contributed by atoms with Crippen LogP contribution < -0.4 is 5.32 Å². The highest BCUT2D eigenvalue weighted by molar-refractivity contribution is 5.91. The fourth-order valence-electron chi connectivity index (χ4n) is 1.72. The predicted molar refractivity (Wildman–Crippen MR) is 73.4 cm³/mol. The average Bonchev–Trinajstić information content (AvgIpc) is 2.97. The van der Waals surface area contributed by atoms with Crippen LogP contribution in [-0.4, -0.2) is 40.2 Å². The van der Waals surface area contributed by atoms with E-state index in [4.69, 9.17) is 9.05 Å². The molecule has 0 fully saturated rings. The van der Waals surface area contributed by atoms with E-state index in [2.05, 4.69) is 20.6 Å². The highest BCUT2D eigenvalue weighted by Crippen LogP contribution is 2.18. The van der Waals surface area contributed by atoms with Gasteiger partial charge in [0.1, 0.15) is 0 Å². The number of aryl methyl sites for hydroxylation is 1. The van der Waals surface area contributed by atoms with Gasteiger partial charge in [-0.3, -0.25) is 4.79 Å². The SMILES string of the molecule is Cc1cc(C(=O)NC(C)(C)c2noc(CN(C)C)n2)on1. The minimum Gasteiger partial charge on any atom is -0.351 e. The third-order valence-corrected chi connectivity index (χ3v) is 2.76. The molecule has 0 saturated heterocycles. The summed E-state index contributed by atoms with van der Waals surface area (Å²) in [5, 5.41) is 10.4. The number of hydrogen-bond donors (Lipinski definition) is 1. The largest absolute Gasteiger partial charge is 0.351 e. The number of carbonyl (C=O) groups is 1. The molecule has 1 amide bonds. The van der Waals surface area contributed by atoms with Gasteiger partial charge >= 0.3 is 0 Å². The van der Waals surface area contributed by atoms with Crippen molar-refractivity contribution in [3.63, 3.8) is 0 Å². The first-order valence-corrected chi connectivity index (χ1v) is 6.51. The lowest BCUT2D eigenvalue weighted by Crippen LogP contribution is -2.41. The van der Waals surface area contributed by atoms with E-state index in [-0.39, 0.29) is 11.7 Å². The molecule has 0 saturated carbocycles. The summed E-state index contributed by atoms with van der Waals surface area (Å²) >= 11 is 0. The Hall–Kier alpha value is -2.22. The Morgan fingerprint density at radius 2 is 2.05 bits per heavy atom. The van der Waals surface area contributed by atoms with Gasteiger partial charge in [-0.15, -0.1) is 0 Å². The number of amides is 1. The highest BCUT2D eigenvalue weighted by atomic mass is 16.5. The Balaban J connectivity index is 2.10. The van der Waals surface area contributed by atoms with Gasteiger partial charge in [0.15, 0.2) is 5.82 Å². The standard InChI is InChI=1S/C13H19N5O3/c1-8-6-9(20-16-8)11(19)15-13(2,3)12-14-10(21-17-12)7-18(4)5/h6H,7H2,1-5H3,(H,15,19). The smallest absolute Gasteiger partial charge is 0.290 e. The fourth-order valence-corrected chi connectivity index (χ4v) is 1.72. The first-order chi connectivity index (χ1) is 9.78. The molecule has 0 radical (unpaired) electrons. The van der Waals surface area contributed by atoms with Crippen LogP contribution in [0, 0.1) is 6.92 Å². The first-order valence-electron chi connectivity index (χ1n) is 6.51. The van der Waals surface area contributed by atoms with Gasteiger partial charge < -0.3 is 19.3 Å². The maximum Gasteiger partial charge on any atom is 0.290 e. The molecule has 1 N–H and O–H groups in total. The molecule has 21 heavy (non-hydrogen) atoms. The molecule has 2 rings (SSSR count). The van der Waals surface area contributed by atoms with Gasteiger partial charge in [-0.25, -0.2) is 0 Å². The van der Waals surface area contributed by atoms with E-state index in [1.54, 1.807) is 26.8 Å². The fraction of sp³-hybridized carbons (Fsp3) is 0.538. The first kappa shape index (κ1) is 15.2. The molecule has 2 aromatic rings. The van der Waals surface area contributed by atoms with Crippen LogP contribution in [0.4, 0.5) is 0 Å². The number of nitrogens with one attached hydrogen (secondary N) is 1. The molecule has 114 valence electrons. The van der Waals surface area contributed by atoms with Crippen LogP contribution in [0.1, 0.15) is 41.8 Å². The van der Waals surface area contributed by atoms with Crippen molar-refractivity contribution in [3.05, 3.63) is 29.2 Å². The van der Waals surface area contributed by atoms with Crippen LogP contribution in [0.15, 0.2) is 15.1 Å². The Kier molecular flexibility index (Phi) is 4.08. The Morgan fingerprint density at radius 1 is 1.33 bits per heavy atom. The van der Waals surface area contributed by atoms with Crippen molar-refractivity contribution >= 4 is 5.91 Å². The summed E-state index contributed by atoms with van der Waals surface area (Å²) in [6, 6.07) is 1.57. The van der Waals surface area contributed by atoms with Gasteiger partial charge in [-0.05, 0) is 34.9 Å². The van der Waals surface area contributed by atoms with Gasteiger partial charge in [0.2, 0.25) is 11.7 Å². The Morgan fingerprint density at radius 3 is 2.62 bits per heavy atom. The molecule has 0 bridgehead atoms. The molecule has 0 aliphatic heterocycles. The molecule has 0 atom stereocenters. The molecule has 2 aromatic heterocycles. The zero-order valence-electron chi connectivity index (χ0n) is 12.8. The van der Waals surface area contributed by atoms with Crippen molar-refractivity contribution in [1.29, 1.82) is 0 Å². The Bertz CT molecular complexity index is 629. The summed E-state index contributed by atoms with van der Waals surface area (Å²) in [6.45, 7) is 5.87. The third kappa shape index (κ3) is 3.66. The van der Waals surface area contributed by atoms with Crippen LogP contribution in [-0.2, 0) is 12.1 Å². The molecule has 0 aliphatic carbocycles. The zero-order valence-corrected chi connectivity index (χ0v) is 12.8. The third-order valence-electron chi connectivity index (χ3n) is 2.76. The van der Waals surface area contributed by atoms with E-state index in [1.807, 2.05) is 19.0 Å². The van der Waals surface area contributed by atoms with Gasteiger partial charge in [-0.2, -0.15) is 4.98 Å². The summed E-state index contributed by atoms with van der Waals surface area (Å²) in [7, 11) is 3.81. The van der Waals surface area contributed by atoms with E-state index >= 15 is 0 Å². The van der Waals surface area contributed by atoms with Crippen molar-refractivity contribution < 1.29 is 13.8 Å². The van der Waals surface area contributed by atoms with Crippen molar-refractivity contribution in [1.82, 2.24) is 25.5 Å². The van der Waals surface area contributed by atoms with E-state index in [0.717, 1.165) is 0 Å². The van der Waals surface area contributed by atoms with Crippen molar-refractivity contribution in [2.45, 2.75) is 32.9 Å². The molecular formula is C13H19N5O3. The van der Waals surface area contributed by atoms with Crippen molar-refractivity contribution in [3.8, 4) is 0 Å². The predicted octanol–water partition coefficient (Wildman–Crippen LogP) is 1.09. The molecule has 0 spiro atoms. The Labute approximate surface area is 122 Å². The normalized spacial score (nSPS) is 11.9. The monoisotopic (exact) mass is 293 g/mol. The van der Waals surface area contributed by atoms with Gasteiger partial charge in [0.05, 0.1) is 17.8 Å². The lowest BCUT2D eigenvalue weighted by atomic mass is 10.0. The van der Waals surface area contributed by atoms with Crippen molar-refractivity contribution in [2.75, 3.05) is 14.1 Å². The summed E-state index contributed by atoms with van der Waals surface area (Å²) in [4.78, 5) is 18.3. The molecule has 0 unspecified atom stereocenters. The topological polar surface area (TPSA) is 97.3 Å².